The van der Waals surface area contributed by atoms with Crippen LogP contribution in [0.1, 0.15) is 34.4 Å². The summed E-state index contributed by atoms with van der Waals surface area (Å²) >= 11 is 1.33. The Balaban J connectivity index is 1.48. The quantitative estimate of drug-likeness (QED) is 0.351. The van der Waals surface area contributed by atoms with Crippen molar-refractivity contribution in [1.82, 2.24) is 24.1 Å². The van der Waals surface area contributed by atoms with E-state index in [1.54, 1.807) is 35.8 Å². The normalized spacial score (nSPS) is 11.0. The third kappa shape index (κ3) is 4.10. The molecule has 3 aromatic heterocycles. The van der Waals surface area contributed by atoms with Gasteiger partial charge in [0.2, 0.25) is 5.78 Å². The van der Waals surface area contributed by atoms with Crippen LogP contribution >= 0.6 is 11.8 Å². The van der Waals surface area contributed by atoms with Gasteiger partial charge in [-0.1, -0.05) is 42.1 Å². The van der Waals surface area contributed by atoms with E-state index in [1.807, 2.05) is 47.7 Å². The van der Waals surface area contributed by atoms with Gasteiger partial charge in [-0.25, -0.2) is 4.98 Å². The van der Waals surface area contributed by atoms with Gasteiger partial charge in [-0.05, 0) is 44.2 Å². The van der Waals surface area contributed by atoms with Crippen molar-refractivity contribution in [2.75, 3.05) is 5.32 Å². The molecule has 0 radical (unpaired) electrons. The number of amides is 1. The Morgan fingerprint density at radius 1 is 1.11 bits per heavy atom. The standard InChI is InChI=1S/C26H21N7O2S/c1-3-32-25(35)19-11-7-8-12-21(19)33-22(30-31-26(32)33)15-36-24-17(14-27)13-20(16(2)28-24)23(34)29-18-9-5-4-6-10-18/h4-13H,3,15H2,1-2H3,(H,29,34). The minimum absolute atomic E-state index is 0.111. The SMILES string of the molecule is CCn1c(=O)c2ccccc2n2c(CSc3nc(C)c(C(=O)Nc4ccccc4)cc3C#N)nnc12. The van der Waals surface area contributed by atoms with E-state index in [0.717, 1.165) is 5.52 Å². The van der Waals surface area contributed by atoms with Crippen LogP contribution in [0.15, 0.2) is 70.5 Å². The fourth-order valence-electron chi connectivity index (χ4n) is 4.05. The van der Waals surface area contributed by atoms with E-state index in [-0.39, 0.29) is 11.5 Å². The number of hydrogen-bond donors (Lipinski definition) is 1. The molecule has 0 aliphatic heterocycles. The lowest BCUT2D eigenvalue weighted by atomic mass is 10.1. The number of carbonyl (C=O) groups is 1. The zero-order valence-corrected chi connectivity index (χ0v) is 20.4. The summed E-state index contributed by atoms with van der Waals surface area (Å²) in [5, 5.41) is 22.3. The van der Waals surface area contributed by atoms with Crippen molar-refractivity contribution in [2.24, 2.45) is 0 Å². The number of rotatable bonds is 6. The molecule has 5 aromatic rings. The molecule has 1 amide bonds. The van der Waals surface area contributed by atoms with Gasteiger partial charge in [0.25, 0.3) is 11.5 Å². The number of pyridine rings is 1. The zero-order valence-electron chi connectivity index (χ0n) is 19.6. The second-order valence-electron chi connectivity index (χ2n) is 8.01. The van der Waals surface area contributed by atoms with Gasteiger partial charge in [0.15, 0.2) is 0 Å². The number of nitrogens with zero attached hydrogens (tertiary/aromatic N) is 6. The highest BCUT2D eigenvalue weighted by Crippen LogP contribution is 2.27. The highest BCUT2D eigenvalue weighted by Gasteiger charge is 2.19. The molecular formula is C26H21N7O2S. The summed E-state index contributed by atoms with van der Waals surface area (Å²) in [5.74, 6) is 1.13. The predicted octanol–water partition coefficient (Wildman–Crippen LogP) is 4.18. The Morgan fingerprint density at radius 3 is 2.61 bits per heavy atom. The number of carbonyl (C=O) groups excluding carboxylic acids is 1. The molecule has 5 rings (SSSR count). The molecular weight excluding hydrogens is 474 g/mol. The largest absolute Gasteiger partial charge is 0.322 e. The predicted molar refractivity (Wildman–Crippen MR) is 138 cm³/mol. The number of nitrogens with one attached hydrogen (secondary N) is 1. The molecule has 1 N–H and O–H groups in total. The monoisotopic (exact) mass is 495 g/mol. The summed E-state index contributed by atoms with van der Waals surface area (Å²) in [5.41, 5.74) is 2.43. The maximum atomic E-state index is 12.9. The number of para-hydroxylation sites is 2. The van der Waals surface area contributed by atoms with Crippen LogP contribution < -0.4 is 10.9 Å². The van der Waals surface area contributed by atoms with Crippen molar-refractivity contribution in [3.05, 3.63) is 93.7 Å². The smallest absolute Gasteiger partial charge is 0.262 e. The number of thioether (sulfide) groups is 1. The second kappa shape index (κ2) is 9.64. The summed E-state index contributed by atoms with van der Waals surface area (Å²) in [6.45, 7) is 4.09. The van der Waals surface area contributed by atoms with Crippen LogP contribution in [0.5, 0.6) is 0 Å². The molecule has 9 nitrogen and oxygen atoms in total. The van der Waals surface area contributed by atoms with Crippen LogP contribution in [0.4, 0.5) is 5.69 Å². The average molecular weight is 496 g/mol. The fraction of sp³-hybridized carbons (Fsp3) is 0.154. The number of benzene rings is 2. The van der Waals surface area contributed by atoms with Gasteiger partial charge in [-0.2, -0.15) is 5.26 Å². The van der Waals surface area contributed by atoms with Crippen molar-refractivity contribution in [2.45, 2.75) is 31.2 Å². The lowest BCUT2D eigenvalue weighted by Gasteiger charge is -2.11. The third-order valence-electron chi connectivity index (χ3n) is 5.80. The number of anilines is 1. The van der Waals surface area contributed by atoms with Crippen molar-refractivity contribution < 1.29 is 4.79 Å². The second-order valence-corrected chi connectivity index (χ2v) is 8.98. The van der Waals surface area contributed by atoms with Crippen LogP contribution in [0.2, 0.25) is 0 Å². The fourth-order valence-corrected chi connectivity index (χ4v) is 4.96. The molecule has 36 heavy (non-hydrogen) atoms. The highest BCUT2D eigenvalue weighted by atomic mass is 32.2. The van der Waals surface area contributed by atoms with E-state index in [2.05, 4.69) is 26.6 Å². The van der Waals surface area contributed by atoms with Crippen molar-refractivity contribution in [3.8, 4) is 6.07 Å². The van der Waals surface area contributed by atoms with E-state index in [9.17, 15) is 14.9 Å². The Labute approximate surface area is 210 Å². The highest BCUT2D eigenvalue weighted by molar-refractivity contribution is 7.98. The van der Waals surface area contributed by atoms with Crippen LogP contribution in [0.3, 0.4) is 0 Å². The van der Waals surface area contributed by atoms with Crippen LogP contribution in [-0.4, -0.2) is 30.1 Å². The Morgan fingerprint density at radius 2 is 1.86 bits per heavy atom. The summed E-state index contributed by atoms with van der Waals surface area (Å²) < 4.78 is 3.46. The summed E-state index contributed by atoms with van der Waals surface area (Å²) in [6.07, 6.45) is 0. The first-order valence-corrected chi connectivity index (χ1v) is 12.3. The minimum Gasteiger partial charge on any atom is -0.322 e. The van der Waals surface area contributed by atoms with Gasteiger partial charge < -0.3 is 5.32 Å². The van der Waals surface area contributed by atoms with E-state index in [4.69, 9.17) is 0 Å². The maximum Gasteiger partial charge on any atom is 0.262 e. The van der Waals surface area contributed by atoms with E-state index < -0.39 is 0 Å². The molecule has 0 saturated heterocycles. The molecule has 178 valence electrons. The van der Waals surface area contributed by atoms with Crippen molar-refractivity contribution in [1.29, 1.82) is 5.26 Å². The first-order valence-electron chi connectivity index (χ1n) is 11.3. The van der Waals surface area contributed by atoms with Crippen LogP contribution in [0, 0.1) is 18.3 Å². The number of hydrogen-bond acceptors (Lipinski definition) is 7. The molecule has 0 fully saturated rings. The van der Waals surface area contributed by atoms with Crippen molar-refractivity contribution >= 4 is 40.0 Å². The molecule has 0 saturated carbocycles. The van der Waals surface area contributed by atoms with Gasteiger partial charge >= 0.3 is 0 Å². The van der Waals surface area contributed by atoms with Crippen molar-refractivity contribution in [3.63, 3.8) is 0 Å². The first kappa shape index (κ1) is 23.3. The number of nitriles is 1. The summed E-state index contributed by atoms with van der Waals surface area (Å²) in [6, 6.07) is 20.2. The van der Waals surface area contributed by atoms with Gasteiger partial charge in [0.05, 0.1) is 33.5 Å². The van der Waals surface area contributed by atoms with Gasteiger partial charge in [0, 0.05) is 12.2 Å². The molecule has 2 aromatic carbocycles. The molecule has 0 bridgehead atoms. The Hall–Kier alpha value is -4.49. The van der Waals surface area contributed by atoms with Crippen LogP contribution in [-0.2, 0) is 12.3 Å². The van der Waals surface area contributed by atoms with E-state index in [0.29, 0.717) is 56.8 Å². The Kier molecular flexibility index (Phi) is 6.23. The molecule has 3 heterocycles. The molecule has 10 heteroatoms. The van der Waals surface area contributed by atoms with E-state index in [1.165, 1.54) is 11.8 Å². The topological polar surface area (TPSA) is 118 Å². The molecule has 0 atom stereocenters. The lowest BCUT2D eigenvalue weighted by molar-refractivity contribution is 0.102. The van der Waals surface area contributed by atoms with Gasteiger partial charge in [-0.15, -0.1) is 10.2 Å². The van der Waals surface area contributed by atoms with E-state index >= 15 is 0 Å². The summed E-state index contributed by atoms with van der Waals surface area (Å²) in [4.78, 5) is 30.2. The average Bonchev–Trinajstić information content (AvgIpc) is 3.32. The van der Waals surface area contributed by atoms with Crippen LogP contribution in [0.25, 0.3) is 16.7 Å². The number of aryl methyl sites for hydroxylation is 2. The maximum absolute atomic E-state index is 12.9. The lowest BCUT2D eigenvalue weighted by Crippen LogP contribution is -2.22. The summed E-state index contributed by atoms with van der Waals surface area (Å²) in [7, 11) is 0. The number of fused-ring (bicyclic) bond motifs is 3. The van der Waals surface area contributed by atoms with Gasteiger partial charge in [-0.3, -0.25) is 18.6 Å². The molecule has 0 spiro atoms. The zero-order chi connectivity index (χ0) is 25.2. The number of aromatic nitrogens is 5. The third-order valence-corrected chi connectivity index (χ3v) is 6.79. The minimum atomic E-state index is -0.327. The molecule has 0 aliphatic rings. The molecule has 0 unspecified atom stereocenters. The first-order chi connectivity index (χ1) is 17.5. The Bertz CT molecular complexity index is 1720. The van der Waals surface area contributed by atoms with Gasteiger partial charge in [0.1, 0.15) is 16.9 Å². The molecule has 0 aliphatic carbocycles.